The van der Waals surface area contributed by atoms with Crippen LogP contribution in [-0.2, 0) is 0 Å². The average Bonchev–Trinajstić information content (AvgIpc) is 2.92. The number of para-hydroxylation sites is 2. The van der Waals surface area contributed by atoms with Gasteiger partial charge in [0, 0.05) is 6.54 Å². The van der Waals surface area contributed by atoms with Crippen molar-refractivity contribution >= 4 is 0 Å². The first-order chi connectivity index (χ1) is 8.90. The molecule has 0 amide bonds. The Morgan fingerprint density at radius 1 is 1.11 bits per heavy atom. The van der Waals surface area contributed by atoms with E-state index >= 15 is 0 Å². The molecule has 18 heavy (non-hydrogen) atoms. The second-order valence-corrected chi connectivity index (χ2v) is 4.44. The molecule has 1 fully saturated rings. The number of benzene rings is 1. The van der Waals surface area contributed by atoms with Gasteiger partial charge in [-0.1, -0.05) is 24.3 Å². The number of likely N-dealkylation sites (tertiary alicyclic amines) is 1. The van der Waals surface area contributed by atoms with E-state index in [1.54, 1.807) is 7.11 Å². The molecule has 0 atom stereocenters. The van der Waals surface area contributed by atoms with Gasteiger partial charge in [-0.15, -0.1) is 0 Å². The minimum absolute atomic E-state index is 0.591. The third-order valence-electron chi connectivity index (χ3n) is 3.13. The Bertz CT molecular complexity index is 384. The van der Waals surface area contributed by atoms with Gasteiger partial charge < -0.3 is 9.47 Å². The van der Waals surface area contributed by atoms with Crippen molar-refractivity contribution < 1.29 is 9.47 Å². The van der Waals surface area contributed by atoms with Gasteiger partial charge >= 0.3 is 0 Å². The van der Waals surface area contributed by atoms with Crippen LogP contribution < -0.4 is 9.47 Å². The van der Waals surface area contributed by atoms with Gasteiger partial charge in [0.25, 0.3) is 0 Å². The molecular formula is C15H21NO2. The summed E-state index contributed by atoms with van der Waals surface area (Å²) in [7, 11) is 1.66. The zero-order valence-electron chi connectivity index (χ0n) is 11.0. The Morgan fingerprint density at radius 3 is 2.56 bits per heavy atom. The van der Waals surface area contributed by atoms with Gasteiger partial charge in [0.05, 0.1) is 7.11 Å². The van der Waals surface area contributed by atoms with Gasteiger partial charge in [-0.05, 0) is 38.1 Å². The maximum absolute atomic E-state index is 5.66. The van der Waals surface area contributed by atoms with Gasteiger partial charge in [0.1, 0.15) is 6.61 Å². The van der Waals surface area contributed by atoms with Crippen LogP contribution in [0.2, 0.25) is 0 Å². The number of ether oxygens (including phenoxy) is 2. The van der Waals surface area contributed by atoms with Crippen molar-refractivity contribution in [2.75, 3.05) is 33.4 Å². The lowest BCUT2D eigenvalue weighted by Gasteiger charge is -2.11. The van der Waals surface area contributed by atoms with Gasteiger partial charge in [-0.25, -0.2) is 0 Å². The smallest absolute Gasteiger partial charge is 0.161 e. The Labute approximate surface area is 109 Å². The molecule has 0 radical (unpaired) electrons. The van der Waals surface area contributed by atoms with Crippen LogP contribution in [0.3, 0.4) is 0 Å². The van der Waals surface area contributed by atoms with Gasteiger partial charge in [-0.2, -0.15) is 0 Å². The van der Waals surface area contributed by atoms with Gasteiger partial charge in [-0.3, -0.25) is 4.90 Å². The molecule has 0 unspecified atom stereocenters. The summed E-state index contributed by atoms with van der Waals surface area (Å²) >= 11 is 0. The fourth-order valence-corrected chi connectivity index (χ4v) is 2.13. The van der Waals surface area contributed by atoms with Crippen LogP contribution >= 0.6 is 0 Å². The molecule has 2 rings (SSSR count). The molecule has 0 saturated carbocycles. The SMILES string of the molecule is COc1ccccc1OCC=CCN1CCCC1. The predicted molar refractivity (Wildman–Crippen MR) is 73.3 cm³/mol. The molecule has 1 aromatic carbocycles. The second kappa shape index (κ2) is 7.07. The van der Waals surface area contributed by atoms with Crippen molar-refractivity contribution in [2.24, 2.45) is 0 Å². The first kappa shape index (κ1) is 13.0. The van der Waals surface area contributed by atoms with Crippen LogP contribution in [0.1, 0.15) is 12.8 Å². The topological polar surface area (TPSA) is 21.7 Å². The minimum Gasteiger partial charge on any atom is -0.493 e. The van der Waals surface area contributed by atoms with E-state index in [4.69, 9.17) is 9.47 Å². The fraction of sp³-hybridized carbons (Fsp3) is 0.467. The first-order valence-electron chi connectivity index (χ1n) is 6.53. The number of hydrogen-bond donors (Lipinski definition) is 0. The summed E-state index contributed by atoms with van der Waals surface area (Å²) in [6.45, 7) is 4.10. The lowest BCUT2D eigenvalue weighted by molar-refractivity contribution is 0.325. The Morgan fingerprint density at radius 2 is 1.83 bits per heavy atom. The van der Waals surface area contributed by atoms with Crippen molar-refractivity contribution in [3.8, 4) is 11.5 Å². The molecule has 3 nitrogen and oxygen atoms in total. The second-order valence-electron chi connectivity index (χ2n) is 4.44. The van der Waals surface area contributed by atoms with Crippen molar-refractivity contribution in [3.05, 3.63) is 36.4 Å². The Balaban J connectivity index is 1.72. The Kier molecular flexibility index (Phi) is 5.09. The average molecular weight is 247 g/mol. The maximum Gasteiger partial charge on any atom is 0.161 e. The van der Waals surface area contributed by atoms with Crippen molar-refractivity contribution in [1.82, 2.24) is 4.90 Å². The van der Waals surface area contributed by atoms with Crippen LogP contribution in [0.15, 0.2) is 36.4 Å². The maximum atomic E-state index is 5.66. The largest absolute Gasteiger partial charge is 0.493 e. The van der Waals surface area contributed by atoms with Crippen LogP contribution in [-0.4, -0.2) is 38.3 Å². The van der Waals surface area contributed by atoms with E-state index in [9.17, 15) is 0 Å². The molecule has 1 aliphatic rings. The lowest BCUT2D eigenvalue weighted by atomic mass is 10.3. The van der Waals surface area contributed by atoms with Gasteiger partial charge in [0.2, 0.25) is 0 Å². The summed E-state index contributed by atoms with van der Waals surface area (Å²) in [6, 6.07) is 7.72. The summed E-state index contributed by atoms with van der Waals surface area (Å²) in [5.41, 5.74) is 0. The van der Waals surface area contributed by atoms with Crippen LogP contribution in [0.5, 0.6) is 11.5 Å². The van der Waals surface area contributed by atoms with E-state index < -0.39 is 0 Å². The molecule has 98 valence electrons. The summed E-state index contributed by atoms with van der Waals surface area (Å²) in [6.07, 6.45) is 6.93. The van der Waals surface area contributed by atoms with Crippen LogP contribution in [0.4, 0.5) is 0 Å². The molecule has 0 bridgehead atoms. The molecule has 0 aliphatic carbocycles. The predicted octanol–water partition coefficient (Wildman–Crippen LogP) is 2.73. The molecule has 1 heterocycles. The number of hydrogen-bond acceptors (Lipinski definition) is 3. The van der Waals surface area contributed by atoms with E-state index in [1.807, 2.05) is 24.3 Å². The van der Waals surface area contributed by atoms with E-state index in [1.165, 1.54) is 25.9 Å². The summed E-state index contributed by atoms with van der Waals surface area (Å²) in [5.74, 6) is 1.58. The first-order valence-corrected chi connectivity index (χ1v) is 6.53. The molecule has 0 N–H and O–H groups in total. The molecule has 0 aromatic heterocycles. The zero-order valence-corrected chi connectivity index (χ0v) is 11.0. The summed E-state index contributed by atoms with van der Waals surface area (Å²) in [5, 5.41) is 0. The Hall–Kier alpha value is -1.48. The van der Waals surface area contributed by atoms with Crippen molar-refractivity contribution in [3.63, 3.8) is 0 Å². The molecule has 3 heteroatoms. The van der Waals surface area contributed by atoms with E-state index in [-0.39, 0.29) is 0 Å². The summed E-state index contributed by atoms with van der Waals surface area (Å²) in [4.78, 5) is 2.46. The van der Waals surface area contributed by atoms with Crippen LogP contribution in [0.25, 0.3) is 0 Å². The van der Waals surface area contributed by atoms with Crippen molar-refractivity contribution in [2.45, 2.75) is 12.8 Å². The zero-order chi connectivity index (χ0) is 12.6. The molecular weight excluding hydrogens is 226 g/mol. The third-order valence-corrected chi connectivity index (χ3v) is 3.13. The normalized spacial score (nSPS) is 16.3. The van der Waals surface area contributed by atoms with Crippen LogP contribution in [0, 0.1) is 0 Å². The molecule has 1 aromatic rings. The number of rotatable bonds is 6. The standard InChI is InChI=1S/C15H21NO2/c1-17-14-8-2-3-9-15(14)18-13-7-6-12-16-10-4-5-11-16/h2-3,6-9H,4-5,10-13H2,1H3. The number of methoxy groups -OCH3 is 1. The summed E-state index contributed by atoms with van der Waals surface area (Å²) < 4.78 is 10.9. The van der Waals surface area contributed by atoms with E-state index in [0.29, 0.717) is 6.61 Å². The molecule has 0 spiro atoms. The van der Waals surface area contributed by atoms with E-state index in [0.717, 1.165) is 18.0 Å². The van der Waals surface area contributed by atoms with E-state index in [2.05, 4.69) is 17.1 Å². The highest BCUT2D eigenvalue weighted by Crippen LogP contribution is 2.25. The van der Waals surface area contributed by atoms with Crippen molar-refractivity contribution in [1.29, 1.82) is 0 Å². The monoisotopic (exact) mass is 247 g/mol. The molecule has 1 aliphatic heterocycles. The number of nitrogens with zero attached hydrogens (tertiary/aromatic N) is 1. The lowest BCUT2D eigenvalue weighted by Crippen LogP contribution is -2.18. The van der Waals surface area contributed by atoms with Gasteiger partial charge in [0.15, 0.2) is 11.5 Å². The minimum atomic E-state index is 0.591. The molecule has 1 saturated heterocycles. The fourth-order valence-electron chi connectivity index (χ4n) is 2.13. The third kappa shape index (κ3) is 3.77. The highest BCUT2D eigenvalue weighted by Gasteiger charge is 2.08. The quantitative estimate of drug-likeness (QED) is 0.721. The highest BCUT2D eigenvalue weighted by atomic mass is 16.5. The highest BCUT2D eigenvalue weighted by molar-refractivity contribution is 5.39.